The number of piperazine rings is 1. The van der Waals surface area contributed by atoms with Crippen molar-refractivity contribution in [3.63, 3.8) is 0 Å². The molecule has 5 nitrogen and oxygen atoms in total. The summed E-state index contributed by atoms with van der Waals surface area (Å²) in [4.78, 5) is 17.3. The zero-order valence-corrected chi connectivity index (χ0v) is 14.8. The molecule has 1 aromatic heterocycles. The number of aromatic nitrogens is 1. The fourth-order valence-electron chi connectivity index (χ4n) is 3.29. The van der Waals surface area contributed by atoms with E-state index in [1.54, 1.807) is 0 Å². The number of rotatable bonds is 3. The molecule has 0 aliphatic carbocycles. The fraction of sp³-hybridized carbons (Fsp3) is 0.474. The molecule has 5 heteroatoms. The van der Waals surface area contributed by atoms with Crippen LogP contribution in [0.5, 0.6) is 0 Å². The minimum Gasteiger partial charge on any atom is -0.360 e. The second-order valence-corrected chi connectivity index (χ2v) is 6.82. The fourth-order valence-corrected chi connectivity index (χ4v) is 3.29. The number of likely N-dealkylation sites (N-methyl/N-ethyl adjacent to an activating group) is 1. The molecule has 0 radical (unpaired) electrons. The lowest BCUT2D eigenvalue weighted by molar-refractivity contribution is 0.0543. The molecule has 1 atom stereocenters. The van der Waals surface area contributed by atoms with Crippen LogP contribution in [0.4, 0.5) is 0 Å². The monoisotopic (exact) mass is 327 g/mol. The predicted molar refractivity (Wildman–Crippen MR) is 93.0 cm³/mol. The molecule has 1 amide bonds. The Morgan fingerprint density at radius 2 is 1.96 bits per heavy atom. The van der Waals surface area contributed by atoms with Gasteiger partial charge in [-0.25, -0.2) is 0 Å². The maximum Gasteiger partial charge on any atom is 0.259 e. The Bertz CT molecular complexity index is 709. The van der Waals surface area contributed by atoms with Crippen LogP contribution in [0, 0.1) is 6.92 Å². The number of carbonyl (C=O) groups excluding carboxylic acids is 1. The lowest BCUT2D eigenvalue weighted by Crippen LogP contribution is -2.49. The quantitative estimate of drug-likeness (QED) is 0.868. The van der Waals surface area contributed by atoms with Gasteiger partial charge in [0, 0.05) is 25.6 Å². The van der Waals surface area contributed by atoms with Gasteiger partial charge in [-0.15, -0.1) is 0 Å². The van der Waals surface area contributed by atoms with Crippen molar-refractivity contribution in [3.8, 4) is 0 Å². The molecule has 24 heavy (non-hydrogen) atoms. The van der Waals surface area contributed by atoms with Crippen LogP contribution in [-0.2, 0) is 0 Å². The molecule has 0 N–H and O–H groups in total. The molecule has 1 aliphatic heterocycles. The second-order valence-electron chi connectivity index (χ2n) is 6.82. The van der Waals surface area contributed by atoms with E-state index in [-0.39, 0.29) is 17.9 Å². The molecule has 2 aromatic rings. The van der Waals surface area contributed by atoms with Gasteiger partial charge in [0.05, 0.1) is 11.7 Å². The van der Waals surface area contributed by atoms with Gasteiger partial charge in [-0.1, -0.05) is 49.3 Å². The van der Waals surface area contributed by atoms with Crippen molar-refractivity contribution in [1.82, 2.24) is 15.0 Å². The number of carbonyl (C=O) groups is 1. The van der Waals surface area contributed by atoms with Crippen LogP contribution >= 0.6 is 0 Å². The Morgan fingerprint density at radius 3 is 2.62 bits per heavy atom. The van der Waals surface area contributed by atoms with Crippen molar-refractivity contribution in [2.24, 2.45) is 0 Å². The number of amides is 1. The molecular formula is C19H25N3O2. The smallest absolute Gasteiger partial charge is 0.259 e. The van der Waals surface area contributed by atoms with Crippen molar-refractivity contribution in [1.29, 1.82) is 0 Å². The molecule has 128 valence electrons. The molecular weight excluding hydrogens is 302 g/mol. The average molecular weight is 327 g/mol. The molecule has 1 aromatic carbocycles. The second kappa shape index (κ2) is 6.77. The molecule has 1 fully saturated rings. The van der Waals surface area contributed by atoms with Crippen molar-refractivity contribution in [3.05, 3.63) is 52.9 Å². The predicted octanol–water partition coefficient (Wildman–Crippen LogP) is 3.24. The van der Waals surface area contributed by atoms with E-state index in [1.165, 1.54) is 5.56 Å². The SMILES string of the molecule is Cc1noc(C(C)C)c1C(=O)N1CCN(C)C(c2ccccc2)C1. The van der Waals surface area contributed by atoms with Crippen LogP contribution < -0.4 is 0 Å². The van der Waals surface area contributed by atoms with E-state index in [4.69, 9.17) is 4.52 Å². The number of benzene rings is 1. The van der Waals surface area contributed by atoms with Gasteiger partial charge in [0.1, 0.15) is 5.56 Å². The third kappa shape index (κ3) is 3.08. The molecule has 1 unspecified atom stereocenters. The molecule has 0 spiro atoms. The van der Waals surface area contributed by atoms with E-state index < -0.39 is 0 Å². The highest BCUT2D eigenvalue weighted by molar-refractivity contribution is 5.96. The van der Waals surface area contributed by atoms with Crippen LogP contribution in [0.1, 0.15) is 53.2 Å². The normalized spacial score (nSPS) is 19.0. The van der Waals surface area contributed by atoms with Crippen LogP contribution in [0.2, 0.25) is 0 Å². The third-order valence-electron chi connectivity index (χ3n) is 4.75. The first kappa shape index (κ1) is 16.7. The largest absolute Gasteiger partial charge is 0.360 e. The van der Waals surface area contributed by atoms with E-state index in [2.05, 4.69) is 29.2 Å². The maximum absolute atomic E-state index is 13.1. The van der Waals surface area contributed by atoms with Crippen molar-refractivity contribution < 1.29 is 9.32 Å². The number of aryl methyl sites for hydroxylation is 1. The molecule has 0 saturated carbocycles. The van der Waals surface area contributed by atoms with Gasteiger partial charge in [-0.05, 0) is 19.5 Å². The van der Waals surface area contributed by atoms with Crippen LogP contribution in [-0.4, -0.2) is 47.5 Å². The van der Waals surface area contributed by atoms with E-state index in [0.29, 0.717) is 23.6 Å². The van der Waals surface area contributed by atoms with E-state index in [0.717, 1.165) is 13.1 Å². The molecule has 0 bridgehead atoms. The third-order valence-corrected chi connectivity index (χ3v) is 4.75. The average Bonchev–Trinajstić information content (AvgIpc) is 2.97. The summed E-state index contributed by atoms with van der Waals surface area (Å²) in [5, 5.41) is 4.01. The lowest BCUT2D eigenvalue weighted by atomic mass is 10.0. The van der Waals surface area contributed by atoms with Gasteiger partial charge in [0.25, 0.3) is 5.91 Å². The van der Waals surface area contributed by atoms with Gasteiger partial charge in [0.2, 0.25) is 0 Å². The zero-order valence-electron chi connectivity index (χ0n) is 14.8. The summed E-state index contributed by atoms with van der Waals surface area (Å²) < 4.78 is 5.39. The first-order valence-electron chi connectivity index (χ1n) is 8.49. The number of hydrogen-bond donors (Lipinski definition) is 0. The summed E-state index contributed by atoms with van der Waals surface area (Å²) in [6, 6.07) is 10.6. The summed E-state index contributed by atoms with van der Waals surface area (Å²) >= 11 is 0. The van der Waals surface area contributed by atoms with Crippen molar-refractivity contribution in [2.75, 3.05) is 26.7 Å². The Balaban J connectivity index is 1.85. The summed E-state index contributed by atoms with van der Waals surface area (Å²) in [7, 11) is 2.11. The molecule has 1 aliphatic rings. The summed E-state index contributed by atoms with van der Waals surface area (Å²) in [6.45, 7) is 8.14. The first-order valence-corrected chi connectivity index (χ1v) is 8.49. The maximum atomic E-state index is 13.1. The van der Waals surface area contributed by atoms with Crippen LogP contribution in [0.3, 0.4) is 0 Å². The molecule has 1 saturated heterocycles. The Kier molecular flexibility index (Phi) is 4.71. The summed E-state index contributed by atoms with van der Waals surface area (Å²) in [5.74, 6) is 0.863. The van der Waals surface area contributed by atoms with Gasteiger partial charge < -0.3 is 9.42 Å². The molecule has 2 heterocycles. The first-order chi connectivity index (χ1) is 11.5. The van der Waals surface area contributed by atoms with Gasteiger partial charge in [-0.2, -0.15) is 0 Å². The van der Waals surface area contributed by atoms with E-state index in [1.807, 2.05) is 43.9 Å². The van der Waals surface area contributed by atoms with E-state index >= 15 is 0 Å². The highest BCUT2D eigenvalue weighted by Gasteiger charge is 2.32. The van der Waals surface area contributed by atoms with Gasteiger partial charge in [0.15, 0.2) is 5.76 Å². The number of hydrogen-bond acceptors (Lipinski definition) is 4. The highest BCUT2D eigenvalue weighted by atomic mass is 16.5. The Hall–Kier alpha value is -2.14. The van der Waals surface area contributed by atoms with Crippen molar-refractivity contribution >= 4 is 5.91 Å². The van der Waals surface area contributed by atoms with Crippen molar-refractivity contribution in [2.45, 2.75) is 32.7 Å². The Morgan fingerprint density at radius 1 is 1.25 bits per heavy atom. The van der Waals surface area contributed by atoms with Gasteiger partial charge in [-0.3, -0.25) is 9.69 Å². The lowest BCUT2D eigenvalue weighted by Gasteiger charge is -2.39. The van der Waals surface area contributed by atoms with Crippen LogP contribution in [0.15, 0.2) is 34.9 Å². The van der Waals surface area contributed by atoms with E-state index in [9.17, 15) is 4.79 Å². The minimum absolute atomic E-state index is 0.0338. The van der Waals surface area contributed by atoms with Crippen LogP contribution in [0.25, 0.3) is 0 Å². The summed E-state index contributed by atoms with van der Waals surface area (Å²) in [5.41, 5.74) is 2.56. The topological polar surface area (TPSA) is 49.6 Å². The number of nitrogens with zero attached hydrogens (tertiary/aromatic N) is 3. The standard InChI is InChI=1S/C19H25N3O2/c1-13(2)18-17(14(3)20-24-18)19(23)22-11-10-21(4)16(12-22)15-8-6-5-7-9-15/h5-9,13,16H,10-12H2,1-4H3. The molecule has 3 rings (SSSR count). The summed E-state index contributed by atoms with van der Waals surface area (Å²) in [6.07, 6.45) is 0. The van der Waals surface area contributed by atoms with Gasteiger partial charge >= 0.3 is 0 Å². The minimum atomic E-state index is 0.0338. The highest BCUT2D eigenvalue weighted by Crippen LogP contribution is 2.28. The zero-order chi connectivity index (χ0) is 17.3. The Labute approximate surface area is 143 Å².